The third-order valence-corrected chi connectivity index (χ3v) is 6.30. The van der Waals surface area contributed by atoms with Crippen LogP contribution in [-0.4, -0.2) is 29.5 Å². The van der Waals surface area contributed by atoms with Crippen molar-refractivity contribution in [2.45, 2.75) is 31.6 Å². The quantitative estimate of drug-likeness (QED) is 0.733. The van der Waals surface area contributed by atoms with E-state index in [9.17, 15) is 0 Å². The van der Waals surface area contributed by atoms with E-state index >= 15 is 0 Å². The molecule has 1 N–H and O–H groups in total. The molecule has 5 rings (SSSR count). The van der Waals surface area contributed by atoms with Gasteiger partial charge in [0.25, 0.3) is 0 Å². The minimum atomic E-state index is 0.716. The monoisotopic (exact) mass is 330 g/mol. The van der Waals surface area contributed by atoms with Gasteiger partial charge in [0.2, 0.25) is 0 Å². The summed E-state index contributed by atoms with van der Waals surface area (Å²) in [6.07, 6.45) is 7.39. The molecule has 1 aliphatic heterocycles. The van der Waals surface area contributed by atoms with E-state index in [0.717, 1.165) is 5.92 Å². The Balaban J connectivity index is 1.21. The van der Waals surface area contributed by atoms with E-state index in [4.69, 9.17) is 0 Å². The lowest BCUT2D eigenvalue weighted by Crippen LogP contribution is -2.36. The highest BCUT2D eigenvalue weighted by atomic mass is 15.1. The van der Waals surface area contributed by atoms with Gasteiger partial charge in [-0.2, -0.15) is 0 Å². The first-order valence-corrected chi connectivity index (χ1v) is 9.72. The lowest BCUT2D eigenvalue weighted by Gasteiger charge is -2.33. The number of para-hydroxylation sites is 1. The van der Waals surface area contributed by atoms with Crippen LogP contribution >= 0.6 is 0 Å². The molecule has 2 heterocycles. The highest BCUT2D eigenvalue weighted by Gasteiger charge is 2.27. The first-order chi connectivity index (χ1) is 12.4. The van der Waals surface area contributed by atoms with Gasteiger partial charge in [-0.05, 0) is 73.4 Å². The van der Waals surface area contributed by atoms with Crippen molar-refractivity contribution < 1.29 is 0 Å². The lowest BCUT2D eigenvalue weighted by molar-refractivity contribution is 0.185. The van der Waals surface area contributed by atoms with Crippen LogP contribution in [0.3, 0.4) is 0 Å². The predicted molar refractivity (Wildman–Crippen MR) is 104 cm³/mol. The van der Waals surface area contributed by atoms with Gasteiger partial charge in [-0.3, -0.25) is 0 Å². The van der Waals surface area contributed by atoms with E-state index in [-0.39, 0.29) is 0 Å². The van der Waals surface area contributed by atoms with Crippen LogP contribution in [0.2, 0.25) is 0 Å². The highest BCUT2D eigenvalue weighted by molar-refractivity contribution is 5.83. The van der Waals surface area contributed by atoms with Gasteiger partial charge in [0.05, 0.1) is 0 Å². The molecule has 1 saturated heterocycles. The third kappa shape index (κ3) is 2.89. The Labute approximate surface area is 149 Å². The molecule has 2 heteroatoms. The number of aromatic amines is 1. The lowest BCUT2D eigenvalue weighted by atomic mass is 9.88. The molecule has 0 saturated carbocycles. The summed E-state index contributed by atoms with van der Waals surface area (Å²) in [5, 5.41) is 1.42. The number of hydrogen-bond acceptors (Lipinski definition) is 1. The van der Waals surface area contributed by atoms with Gasteiger partial charge in [0.1, 0.15) is 0 Å². The molecule has 1 fully saturated rings. The number of piperidine rings is 1. The molecule has 1 aromatic heterocycles. The number of aromatic nitrogens is 1. The number of benzene rings is 2. The largest absolute Gasteiger partial charge is 0.361 e. The van der Waals surface area contributed by atoms with Crippen molar-refractivity contribution in [2.24, 2.45) is 5.92 Å². The fourth-order valence-corrected chi connectivity index (χ4v) is 5.00. The van der Waals surface area contributed by atoms with Crippen LogP contribution in [0.4, 0.5) is 0 Å². The molecule has 25 heavy (non-hydrogen) atoms. The molecule has 0 atom stereocenters. The Morgan fingerprint density at radius 3 is 2.32 bits per heavy atom. The third-order valence-electron chi connectivity index (χ3n) is 6.30. The molecular formula is C23H26N2. The van der Waals surface area contributed by atoms with Gasteiger partial charge in [-0.1, -0.05) is 42.5 Å². The maximum Gasteiger partial charge on any atom is 0.0456 e. The van der Waals surface area contributed by atoms with Gasteiger partial charge in [-0.15, -0.1) is 0 Å². The second-order valence-electron chi connectivity index (χ2n) is 7.91. The zero-order valence-electron chi connectivity index (χ0n) is 14.7. The van der Waals surface area contributed by atoms with Crippen molar-refractivity contribution in [2.75, 3.05) is 19.6 Å². The Hall–Kier alpha value is -2.06. The van der Waals surface area contributed by atoms with E-state index in [0.29, 0.717) is 5.92 Å². The smallest absolute Gasteiger partial charge is 0.0456 e. The molecule has 2 aromatic carbocycles. The predicted octanol–water partition coefficient (Wildman–Crippen LogP) is 4.76. The Bertz CT molecular complexity index is 845. The van der Waals surface area contributed by atoms with Gasteiger partial charge in [0.15, 0.2) is 0 Å². The van der Waals surface area contributed by atoms with E-state index in [1.807, 2.05) is 0 Å². The topological polar surface area (TPSA) is 19.0 Å². The molecule has 0 radical (unpaired) electrons. The van der Waals surface area contributed by atoms with Crippen LogP contribution < -0.4 is 0 Å². The zero-order valence-corrected chi connectivity index (χ0v) is 14.7. The molecule has 2 nitrogen and oxygen atoms in total. The minimum Gasteiger partial charge on any atom is -0.361 e. The number of rotatable bonds is 3. The van der Waals surface area contributed by atoms with Crippen molar-refractivity contribution in [3.8, 4) is 0 Å². The van der Waals surface area contributed by atoms with Crippen molar-refractivity contribution in [1.82, 2.24) is 9.88 Å². The van der Waals surface area contributed by atoms with Gasteiger partial charge in [0, 0.05) is 23.6 Å². The second-order valence-corrected chi connectivity index (χ2v) is 7.91. The van der Waals surface area contributed by atoms with Crippen molar-refractivity contribution in [3.05, 3.63) is 71.4 Å². The maximum absolute atomic E-state index is 3.45. The molecule has 0 unspecified atom stereocenters. The summed E-state index contributed by atoms with van der Waals surface area (Å²) >= 11 is 0. The Morgan fingerprint density at radius 2 is 1.56 bits per heavy atom. The average molecular weight is 330 g/mol. The first kappa shape index (κ1) is 15.2. The summed E-state index contributed by atoms with van der Waals surface area (Å²) in [5.74, 6) is 1.54. The van der Waals surface area contributed by atoms with E-state index < -0.39 is 0 Å². The van der Waals surface area contributed by atoms with Gasteiger partial charge >= 0.3 is 0 Å². The van der Waals surface area contributed by atoms with Crippen molar-refractivity contribution in [1.29, 1.82) is 0 Å². The Morgan fingerprint density at radius 1 is 0.880 bits per heavy atom. The number of nitrogens with one attached hydrogen (secondary N) is 1. The fraction of sp³-hybridized carbons (Fsp3) is 0.391. The van der Waals surface area contributed by atoms with Crippen LogP contribution in [0.1, 0.15) is 35.4 Å². The average Bonchev–Trinajstić information content (AvgIpc) is 3.26. The first-order valence-electron chi connectivity index (χ1n) is 9.72. The van der Waals surface area contributed by atoms with E-state index in [1.165, 1.54) is 61.8 Å². The highest BCUT2D eigenvalue weighted by Crippen LogP contribution is 2.34. The fourth-order valence-electron chi connectivity index (χ4n) is 5.00. The second kappa shape index (κ2) is 6.34. The summed E-state index contributed by atoms with van der Waals surface area (Å²) in [7, 11) is 0. The normalized spacial score (nSPS) is 19.5. The van der Waals surface area contributed by atoms with Crippen LogP contribution in [0.25, 0.3) is 10.9 Å². The maximum atomic E-state index is 3.45. The van der Waals surface area contributed by atoms with Gasteiger partial charge in [-0.25, -0.2) is 0 Å². The summed E-state index contributed by atoms with van der Waals surface area (Å²) < 4.78 is 0. The van der Waals surface area contributed by atoms with Crippen LogP contribution in [0, 0.1) is 5.92 Å². The van der Waals surface area contributed by atoms with Crippen LogP contribution in [0.15, 0.2) is 54.7 Å². The molecule has 2 aliphatic rings. The molecule has 0 bridgehead atoms. The number of nitrogens with zero attached hydrogens (tertiary/aromatic N) is 1. The SMILES string of the molecule is c1ccc2c(c1)CC(CN1CCC(c3c[nH]c4ccccc34)CC1)C2. The van der Waals surface area contributed by atoms with E-state index in [1.54, 1.807) is 11.1 Å². The number of H-pyrrole nitrogens is 1. The number of fused-ring (bicyclic) bond motifs is 2. The molecular weight excluding hydrogens is 304 g/mol. The zero-order chi connectivity index (χ0) is 16.6. The Kier molecular flexibility index (Phi) is 3.86. The molecule has 3 aromatic rings. The van der Waals surface area contributed by atoms with Crippen molar-refractivity contribution >= 4 is 10.9 Å². The van der Waals surface area contributed by atoms with Crippen molar-refractivity contribution in [3.63, 3.8) is 0 Å². The van der Waals surface area contributed by atoms with E-state index in [2.05, 4.69) is 64.6 Å². The van der Waals surface area contributed by atoms with Gasteiger partial charge < -0.3 is 9.88 Å². The molecule has 1 aliphatic carbocycles. The summed E-state index contributed by atoms with van der Waals surface area (Å²) in [5.41, 5.74) is 5.98. The van der Waals surface area contributed by atoms with Crippen LogP contribution in [0.5, 0.6) is 0 Å². The molecule has 0 spiro atoms. The molecule has 128 valence electrons. The standard InChI is InChI=1S/C23H26N2/c1-2-6-20-14-17(13-19(20)5-1)16-25-11-9-18(10-12-25)22-15-24-23-8-4-3-7-21(22)23/h1-8,15,17-18,24H,9-14,16H2. The summed E-state index contributed by atoms with van der Waals surface area (Å²) in [6, 6.07) is 17.7. The number of likely N-dealkylation sites (tertiary alicyclic amines) is 1. The van der Waals surface area contributed by atoms with Crippen LogP contribution in [-0.2, 0) is 12.8 Å². The molecule has 0 amide bonds. The summed E-state index contributed by atoms with van der Waals surface area (Å²) in [4.78, 5) is 6.16. The minimum absolute atomic E-state index is 0.716. The summed E-state index contributed by atoms with van der Waals surface area (Å²) in [6.45, 7) is 3.77. The number of hydrogen-bond donors (Lipinski definition) is 1.